The molecule has 1 aromatic rings. The molecule has 9 atom stereocenters. The average molecular weight is 425 g/mol. The van der Waals surface area contributed by atoms with Crippen molar-refractivity contribution in [2.45, 2.75) is 90.2 Å². The summed E-state index contributed by atoms with van der Waals surface area (Å²) in [7, 11) is 0. The third-order valence-corrected chi connectivity index (χ3v) is 10.2. The molecule has 4 nitrogen and oxygen atoms in total. The molecule has 4 fully saturated rings. The first-order valence-corrected chi connectivity index (χ1v) is 12.7. The molecule has 0 spiro atoms. The number of hydrogen-bond acceptors (Lipinski definition) is 3. The average Bonchev–Trinajstić information content (AvgIpc) is 3.10. The van der Waals surface area contributed by atoms with E-state index in [0.29, 0.717) is 16.9 Å². The second-order valence-electron chi connectivity index (χ2n) is 11.9. The number of rotatable bonds is 3. The van der Waals surface area contributed by atoms with Gasteiger partial charge in [0.05, 0.1) is 11.2 Å². The number of nitrogens with one attached hydrogen (secondary N) is 1. The molecule has 0 bridgehead atoms. The van der Waals surface area contributed by atoms with E-state index in [2.05, 4.69) is 31.1 Å². The normalized spacial score (nSPS) is 45.2. The zero-order valence-electron chi connectivity index (χ0n) is 19.5. The van der Waals surface area contributed by atoms with Crippen molar-refractivity contribution in [2.24, 2.45) is 40.9 Å². The van der Waals surface area contributed by atoms with Crippen LogP contribution in [0.4, 0.5) is 0 Å². The first-order valence-electron chi connectivity index (χ1n) is 12.7. The number of pyridine rings is 1. The van der Waals surface area contributed by atoms with E-state index in [1.165, 1.54) is 44.9 Å². The summed E-state index contributed by atoms with van der Waals surface area (Å²) in [5, 5.41) is 13.9. The van der Waals surface area contributed by atoms with E-state index in [0.717, 1.165) is 42.4 Å². The minimum absolute atomic E-state index is 0.0103. The summed E-state index contributed by atoms with van der Waals surface area (Å²) >= 11 is 0. The van der Waals surface area contributed by atoms with Crippen LogP contribution in [-0.4, -0.2) is 27.6 Å². The predicted octanol–water partition coefficient (Wildman–Crippen LogP) is 5.22. The monoisotopic (exact) mass is 424 g/mol. The van der Waals surface area contributed by atoms with Crippen molar-refractivity contribution in [1.29, 1.82) is 0 Å². The smallest absolute Gasteiger partial charge is 0.253 e. The number of carbonyl (C=O) groups excluding carboxylic acids is 1. The number of aliphatic hydroxyl groups is 1. The van der Waals surface area contributed by atoms with E-state index >= 15 is 0 Å². The molecular formula is C27H40N2O2. The zero-order chi connectivity index (χ0) is 21.8. The summed E-state index contributed by atoms with van der Waals surface area (Å²) in [6, 6.07) is 3.87. The molecule has 31 heavy (non-hydrogen) atoms. The Bertz CT molecular complexity index is 809. The summed E-state index contributed by atoms with van der Waals surface area (Å²) in [5.74, 6) is 4.67. The van der Waals surface area contributed by atoms with E-state index in [9.17, 15) is 9.90 Å². The van der Waals surface area contributed by atoms with Gasteiger partial charge >= 0.3 is 0 Å². The molecule has 4 aliphatic carbocycles. The number of nitrogens with zero attached hydrogens (tertiary/aromatic N) is 1. The van der Waals surface area contributed by atoms with Crippen molar-refractivity contribution < 1.29 is 9.90 Å². The SMILES string of the molecule is C[C@H](NC(=O)c1cccnc1)[C@H]1CC[C@H]2[C@@H]3CC[C@@H]4C[C@](C)(O)CC[C@@H]4[C@H]3CC[C@]12C. The van der Waals surface area contributed by atoms with Crippen LogP contribution >= 0.6 is 0 Å². The fraction of sp³-hybridized carbons (Fsp3) is 0.778. The molecule has 1 amide bonds. The molecule has 0 aliphatic heterocycles. The maximum Gasteiger partial charge on any atom is 0.253 e. The van der Waals surface area contributed by atoms with Gasteiger partial charge in [-0.1, -0.05) is 6.92 Å². The second kappa shape index (κ2) is 7.86. The lowest BCUT2D eigenvalue weighted by molar-refractivity contribution is -0.101. The highest BCUT2D eigenvalue weighted by Gasteiger charge is 2.58. The summed E-state index contributed by atoms with van der Waals surface area (Å²) in [5.41, 5.74) is 0.567. The van der Waals surface area contributed by atoms with Gasteiger partial charge in [0.2, 0.25) is 0 Å². The molecule has 2 N–H and O–H groups in total. The highest BCUT2D eigenvalue weighted by atomic mass is 16.3. The Kier molecular flexibility index (Phi) is 5.44. The van der Waals surface area contributed by atoms with Gasteiger partial charge in [-0.25, -0.2) is 0 Å². The third kappa shape index (κ3) is 3.73. The summed E-state index contributed by atoms with van der Waals surface area (Å²) < 4.78 is 0. The minimum Gasteiger partial charge on any atom is -0.390 e. The van der Waals surface area contributed by atoms with Gasteiger partial charge in [0.25, 0.3) is 5.91 Å². The third-order valence-electron chi connectivity index (χ3n) is 10.2. The van der Waals surface area contributed by atoms with E-state index < -0.39 is 5.60 Å². The quantitative estimate of drug-likeness (QED) is 0.699. The molecule has 0 radical (unpaired) electrons. The van der Waals surface area contributed by atoms with Crippen LogP contribution in [0.1, 0.15) is 88.9 Å². The van der Waals surface area contributed by atoms with E-state index in [1.54, 1.807) is 12.4 Å². The van der Waals surface area contributed by atoms with Gasteiger partial charge in [0.1, 0.15) is 0 Å². The van der Waals surface area contributed by atoms with Crippen LogP contribution in [0.25, 0.3) is 0 Å². The van der Waals surface area contributed by atoms with Gasteiger partial charge in [-0.3, -0.25) is 9.78 Å². The van der Waals surface area contributed by atoms with Crippen LogP contribution < -0.4 is 5.32 Å². The predicted molar refractivity (Wildman–Crippen MR) is 122 cm³/mol. The topological polar surface area (TPSA) is 62.2 Å². The number of fused-ring (bicyclic) bond motifs is 5. The molecule has 4 heteroatoms. The number of hydrogen-bond donors (Lipinski definition) is 2. The first kappa shape index (κ1) is 21.4. The molecule has 4 saturated carbocycles. The van der Waals surface area contributed by atoms with Crippen LogP contribution in [0.3, 0.4) is 0 Å². The molecule has 170 valence electrons. The van der Waals surface area contributed by atoms with E-state index in [1.807, 2.05) is 12.1 Å². The van der Waals surface area contributed by atoms with Gasteiger partial charge in [0, 0.05) is 18.4 Å². The summed E-state index contributed by atoms with van der Waals surface area (Å²) in [6.07, 6.45) is 14.5. The van der Waals surface area contributed by atoms with Crippen LogP contribution in [0, 0.1) is 40.9 Å². The number of aromatic nitrogens is 1. The first-order chi connectivity index (χ1) is 14.8. The Morgan fingerprint density at radius 2 is 1.90 bits per heavy atom. The molecule has 0 aromatic carbocycles. The van der Waals surface area contributed by atoms with Gasteiger partial charge < -0.3 is 10.4 Å². The van der Waals surface area contributed by atoms with Crippen molar-refractivity contribution >= 4 is 5.91 Å². The van der Waals surface area contributed by atoms with Crippen LogP contribution in [0.2, 0.25) is 0 Å². The van der Waals surface area contributed by atoms with Crippen molar-refractivity contribution in [1.82, 2.24) is 10.3 Å². The van der Waals surface area contributed by atoms with Crippen molar-refractivity contribution in [2.75, 3.05) is 0 Å². The molecular weight excluding hydrogens is 384 g/mol. The maximum atomic E-state index is 12.7. The molecule has 0 unspecified atom stereocenters. The van der Waals surface area contributed by atoms with Crippen molar-refractivity contribution in [3.8, 4) is 0 Å². The fourth-order valence-electron chi connectivity index (χ4n) is 8.83. The fourth-order valence-corrected chi connectivity index (χ4v) is 8.83. The van der Waals surface area contributed by atoms with E-state index in [4.69, 9.17) is 0 Å². The summed E-state index contributed by atoms with van der Waals surface area (Å²) in [4.78, 5) is 16.8. The van der Waals surface area contributed by atoms with Gasteiger partial charge in [-0.2, -0.15) is 0 Å². The Hall–Kier alpha value is -1.42. The van der Waals surface area contributed by atoms with Crippen molar-refractivity contribution in [3.63, 3.8) is 0 Å². The molecule has 5 rings (SSSR count). The van der Waals surface area contributed by atoms with Gasteiger partial charge in [-0.05, 0) is 125 Å². The van der Waals surface area contributed by atoms with Crippen molar-refractivity contribution in [3.05, 3.63) is 30.1 Å². The Morgan fingerprint density at radius 3 is 2.68 bits per heavy atom. The zero-order valence-corrected chi connectivity index (χ0v) is 19.5. The van der Waals surface area contributed by atoms with E-state index in [-0.39, 0.29) is 11.9 Å². The Balaban J connectivity index is 1.28. The standard InChI is InChI=1S/C27H40N2O2/c1-17(29-25(30)19-5-4-14-28-16-19)23-8-9-24-22-7-6-18-15-26(2,31)12-10-20(18)21(22)11-13-27(23,24)3/h4-5,14,16-18,20-24,31H,6-13,15H2,1-3H3,(H,29,30)/t17-,18+,20-,21+,22+,23+,24-,26+,27+/m0/s1. The van der Waals surface area contributed by atoms with Gasteiger partial charge in [0.15, 0.2) is 0 Å². The Morgan fingerprint density at radius 1 is 1.10 bits per heavy atom. The number of carbonyl (C=O) groups is 1. The van der Waals surface area contributed by atoms with Crippen LogP contribution in [0.5, 0.6) is 0 Å². The highest BCUT2D eigenvalue weighted by Crippen LogP contribution is 2.65. The molecule has 4 aliphatic rings. The lowest BCUT2D eigenvalue weighted by Crippen LogP contribution is -2.52. The van der Waals surface area contributed by atoms with Crippen LogP contribution in [-0.2, 0) is 0 Å². The molecule has 1 heterocycles. The van der Waals surface area contributed by atoms with Crippen LogP contribution in [0.15, 0.2) is 24.5 Å². The molecule has 0 saturated heterocycles. The molecule has 1 aromatic heterocycles. The Labute approximate surface area is 187 Å². The largest absolute Gasteiger partial charge is 0.390 e. The second-order valence-corrected chi connectivity index (χ2v) is 11.9. The lowest BCUT2D eigenvalue weighted by atomic mass is 9.49. The highest BCUT2D eigenvalue weighted by molar-refractivity contribution is 5.94. The summed E-state index contributed by atoms with van der Waals surface area (Å²) in [6.45, 7) is 6.81. The maximum absolute atomic E-state index is 12.7. The van der Waals surface area contributed by atoms with Gasteiger partial charge in [-0.15, -0.1) is 0 Å². The minimum atomic E-state index is -0.433. The lowest BCUT2D eigenvalue weighted by Gasteiger charge is -2.57. The number of amides is 1.